The number of hydrogen-bond acceptors (Lipinski definition) is 3. The molecule has 0 heterocycles. The molecule has 0 fully saturated rings. The van der Waals surface area contributed by atoms with Gasteiger partial charge in [0.2, 0.25) is 0 Å². The zero-order valence-corrected chi connectivity index (χ0v) is 11.9. The molecule has 0 saturated heterocycles. The summed E-state index contributed by atoms with van der Waals surface area (Å²) < 4.78 is 28.4. The lowest BCUT2D eigenvalue weighted by Crippen LogP contribution is -2.13. The minimum atomic E-state index is -2.90. The maximum Gasteiger partial charge on any atom is 0.387 e. The van der Waals surface area contributed by atoms with E-state index in [1.165, 1.54) is 30.3 Å². The molecule has 0 radical (unpaired) electrons. The number of benzene rings is 2. The maximum absolute atomic E-state index is 12.1. The van der Waals surface area contributed by atoms with Gasteiger partial charge in [-0.25, -0.2) is 0 Å². The van der Waals surface area contributed by atoms with Crippen molar-refractivity contribution in [3.8, 4) is 11.8 Å². The summed E-state index contributed by atoms with van der Waals surface area (Å²) in [6.45, 7) is -2.90. The number of hydrogen-bond donors (Lipinski definition) is 1. The molecule has 0 bridgehead atoms. The fourth-order valence-corrected chi connectivity index (χ4v) is 1.78. The van der Waals surface area contributed by atoms with Gasteiger partial charge in [-0.05, 0) is 35.9 Å². The van der Waals surface area contributed by atoms with Crippen molar-refractivity contribution in [2.75, 3.05) is 5.32 Å². The van der Waals surface area contributed by atoms with E-state index in [4.69, 9.17) is 5.26 Å². The number of para-hydroxylation sites is 1. The number of ether oxygens (including phenoxy) is 1. The van der Waals surface area contributed by atoms with Crippen LogP contribution < -0.4 is 10.1 Å². The van der Waals surface area contributed by atoms with Crippen molar-refractivity contribution in [3.63, 3.8) is 0 Å². The van der Waals surface area contributed by atoms with E-state index in [1.807, 2.05) is 6.07 Å². The minimum Gasteiger partial charge on any atom is -0.435 e. The van der Waals surface area contributed by atoms with Crippen molar-refractivity contribution in [1.82, 2.24) is 0 Å². The van der Waals surface area contributed by atoms with Crippen LogP contribution in [0.2, 0.25) is 0 Å². The number of nitrogens with one attached hydrogen (secondary N) is 1. The van der Waals surface area contributed by atoms with Crippen molar-refractivity contribution in [1.29, 1.82) is 5.26 Å². The van der Waals surface area contributed by atoms with E-state index in [-0.39, 0.29) is 11.3 Å². The first-order valence-corrected chi connectivity index (χ1v) is 6.61. The summed E-state index contributed by atoms with van der Waals surface area (Å²) in [6.07, 6.45) is 1.37. The van der Waals surface area contributed by atoms with Gasteiger partial charge in [0.15, 0.2) is 0 Å². The summed E-state index contributed by atoms with van der Waals surface area (Å²) in [6, 6.07) is 16.2. The summed E-state index contributed by atoms with van der Waals surface area (Å²) in [5.74, 6) is -0.545. The third-order valence-electron chi connectivity index (χ3n) is 2.81. The molecule has 2 rings (SSSR count). The van der Waals surface area contributed by atoms with Gasteiger partial charge in [-0.15, -0.1) is 0 Å². The van der Waals surface area contributed by atoms with Crippen LogP contribution in [0.1, 0.15) is 5.56 Å². The Labute approximate surface area is 131 Å². The molecule has 0 unspecified atom stereocenters. The monoisotopic (exact) mass is 314 g/mol. The summed E-state index contributed by atoms with van der Waals surface area (Å²) >= 11 is 0. The normalized spacial score (nSPS) is 11.0. The fraction of sp³-hybridized carbons (Fsp3) is 0.0588. The highest BCUT2D eigenvalue weighted by Gasteiger charge is 2.09. The molecule has 2 aromatic carbocycles. The van der Waals surface area contributed by atoms with Crippen LogP contribution in [-0.4, -0.2) is 12.5 Å². The third kappa shape index (κ3) is 4.93. The number of carbonyl (C=O) groups excluding carboxylic acids is 1. The summed E-state index contributed by atoms with van der Waals surface area (Å²) in [5, 5.41) is 11.7. The van der Waals surface area contributed by atoms with E-state index in [0.29, 0.717) is 11.3 Å². The van der Waals surface area contributed by atoms with Crippen LogP contribution in [0.4, 0.5) is 14.5 Å². The number of amides is 1. The first kappa shape index (κ1) is 16.2. The average Bonchev–Trinajstić information content (AvgIpc) is 2.54. The summed E-state index contributed by atoms with van der Waals surface area (Å²) in [7, 11) is 0. The average molecular weight is 314 g/mol. The number of carbonyl (C=O) groups is 1. The fourth-order valence-electron chi connectivity index (χ4n) is 1.78. The van der Waals surface area contributed by atoms with Crippen LogP contribution >= 0.6 is 0 Å². The molecule has 0 atom stereocenters. The Hall–Kier alpha value is -3.20. The van der Waals surface area contributed by atoms with Crippen LogP contribution in [0.25, 0.3) is 6.08 Å². The second-order valence-electron chi connectivity index (χ2n) is 4.44. The molecule has 2 aromatic rings. The molecule has 0 aliphatic carbocycles. The van der Waals surface area contributed by atoms with E-state index in [2.05, 4.69) is 10.1 Å². The van der Waals surface area contributed by atoms with Gasteiger partial charge in [0, 0.05) is 5.69 Å². The Morgan fingerprint density at radius 2 is 1.78 bits per heavy atom. The second-order valence-corrected chi connectivity index (χ2v) is 4.44. The lowest BCUT2D eigenvalue weighted by Gasteiger charge is -2.05. The van der Waals surface area contributed by atoms with E-state index in [9.17, 15) is 13.6 Å². The molecular weight excluding hydrogens is 302 g/mol. The molecule has 0 spiro atoms. The number of nitriles is 1. The van der Waals surface area contributed by atoms with Crippen molar-refractivity contribution < 1.29 is 18.3 Å². The summed E-state index contributed by atoms with van der Waals surface area (Å²) in [4.78, 5) is 12.0. The van der Waals surface area contributed by atoms with E-state index in [1.54, 1.807) is 30.3 Å². The molecule has 1 N–H and O–H groups in total. The molecule has 4 nitrogen and oxygen atoms in total. The summed E-state index contributed by atoms with van der Waals surface area (Å²) in [5.41, 5.74) is 0.988. The van der Waals surface area contributed by atoms with Crippen molar-refractivity contribution >= 4 is 17.7 Å². The standard InChI is InChI=1S/C17H12F2N2O2/c18-17(19)23-15-8-6-12(7-9-15)10-13(11-20)16(22)21-14-4-2-1-3-5-14/h1-10,17H,(H,21,22). The topological polar surface area (TPSA) is 62.1 Å². The zero-order chi connectivity index (χ0) is 16.7. The van der Waals surface area contributed by atoms with Gasteiger partial charge in [0.05, 0.1) is 0 Å². The number of nitrogens with zero attached hydrogens (tertiary/aromatic N) is 1. The molecule has 116 valence electrons. The van der Waals surface area contributed by atoms with Gasteiger partial charge in [-0.1, -0.05) is 30.3 Å². The highest BCUT2D eigenvalue weighted by molar-refractivity contribution is 6.09. The Kier molecular flexibility index (Phi) is 5.42. The molecule has 0 aliphatic rings. The van der Waals surface area contributed by atoms with Gasteiger partial charge in [0.25, 0.3) is 5.91 Å². The number of rotatable bonds is 5. The largest absolute Gasteiger partial charge is 0.435 e. The number of anilines is 1. The molecular formula is C17H12F2N2O2. The second kappa shape index (κ2) is 7.71. The van der Waals surface area contributed by atoms with Crippen LogP contribution in [0.15, 0.2) is 60.2 Å². The van der Waals surface area contributed by atoms with Gasteiger partial charge in [-0.3, -0.25) is 4.79 Å². The third-order valence-corrected chi connectivity index (χ3v) is 2.81. The van der Waals surface area contributed by atoms with Crippen LogP contribution in [0, 0.1) is 11.3 Å². The Bertz CT molecular complexity index is 735. The smallest absolute Gasteiger partial charge is 0.387 e. The predicted octanol–water partition coefficient (Wildman–Crippen LogP) is 3.83. The van der Waals surface area contributed by atoms with Gasteiger partial charge in [0.1, 0.15) is 17.4 Å². The maximum atomic E-state index is 12.1. The number of halogens is 2. The molecule has 23 heavy (non-hydrogen) atoms. The predicted molar refractivity (Wildman–Crippen MR) is 81.7 cm³/mol. The van der Waals surface area contributed by atoms with Crippen LogP contribution in [-0.2, 0) is 4.79 Å². The van der Waals surface area contributed by atoms with Crippen molar-refractivity contribution in [3.05, 3.63) is 65.7 Å². The Morgan fingerprint density at radius 1 is 1.13 bits per heavy atom. The molecule has 6 heteroatoms. The molecule has 0 saturated carbocycles. The van der Waals surface area contributed by atoms with Gasteiger partial charge < -0.3 is 10.1 Å². The van der Waals surface area contributed by atoms with E-state index >= 15 is 0 Å². The molecule has 0 aromatic heterocycles. The minimum absolute atomic E-state index is 0.00407. The lowest BCUT2D eigenvalue weighted by atomic mass is 10.1. The first-order valence-electron chi connectivity index (χ1n) is 6.61. The Balaban J connectivity index is 2.12. The highest BCUT2D eigenvalue weighted by atomic mass is 19.3. The number of alkyl halides is 2. The van der Waals surface area contributed by atoms with Gasteiger partial charge >= 0.3 is 6.61 Å². The first-order chi connectivity index (χ1) is 11.1. The van der Waals surface area contributed by atoms with Crippen molar-refractivity contribution in [2.24, 2.45) is 0 Å². The highest BCUT2D eigenvalue weighted by Crippen LogP contribution is 2.17. The zero-order valence-electron chi connectivity index (χ0n) is 11.9. The van der Waals surface area contributed by atoms with Crippen molar-refractivity contribution in [2.45, 2.75) is 6.61 Å². The van der Waals surface area contributed by atoms with E-state index in [0.717, 1.165) is 0 Å². The van der Waals surface area contributed by atoms with Crippen LogP contribution in [0.3, 0.4) is 0 Å². The lowest BCUT2D eigenvalue weighted by molar-refractivity contribution is -0.112. The van der Waals surface area contributed by atoms with E-state index < -0.39 is 12.5 Å². The van der Waals surface area contributed by atoms with Crippen LogP contribution in [0.5, 0.6) is 5.75 Å². The van der Waals surface area contributed by atoms with Gasteiger partial charge in [-0.2, -0.15) is 14.0 Å². The molecule has 0 aliphatic heterocycles. The Morgan fingerprint density at radius 3 is 2.35 bits per heavy atom. The quantitative estimate of drug-likeness (QED) is 0.674. The SMILES string of the molecule is N#CC(=Cc1ccc(OC(F)F)cc1)C(=O)Nc1ccccc1. The molecule has 1 amide bonds.